The molecule has 0 amide bonds. The molecule has 1 aliphatic heterocycles. The molecule has 3 heterocycles. The molecule has 154 valence electrons. The number of hydrogen-bond donors (Lipinski definition) is 0. The summed E-state index contributed by atoms with van der Waals surface area (Å²) in [5, 5.41) is 0. The third-order valence-corrected chi connectivity index (χ3v) is 6.09. The highest BCUT2D eigenvalue weighted by atomic mass is 16.1. The number of allylic oxidation sites excluding steroid dienone is 1. The Hall–Kier alpha value is -3.12. The highest BCUT2D eigenvalue weighted by Crippen LogP contribution is 2.20. The molecule has 0 N–H and O–H groups in total. The molecule has 2 aromatic carbocycles. The lowest BCUT2D eigenvalue weighted by molar-refractivity contribution is 0.322. The van der Waals surface area contributed by atoms with Crippen LogP contribution >= 0.6 is 0 Å². The fraction of sp³-hybridized carbons (Fsp3) is 0.333. The minimum Gasteiger partial charge on any atom is -0.325 e. The van der Waals surface area contributed by atoms with Crippen molar-refractivity contribution in [3.63, 3.8) is 0 Å². The Kier molecular flexibility index (Phi) is 4.79. The average molecular weight is 402 g/mol. The van der Waals surface area contributed by atoms with Gasteiger partial charge in [0.1, 0.15) is 5.82 Å². The second-order valence-electron chi connectivity index (χ2n) is 8.15. The fourth-order valence-electron chi connectivity index (χ4n) is 4.61. The molecule has 5 rings (SSSR count). The van der Waals surface area contributed by atoms with Crippen LogP contribution in [-0.4, -0.2) is 43.2 Å². The molecule has 6 heteroatoms. The predicted octanol–water partition coefficient (Wildman–Crippen LogP) is 3.79. The monoisotopic (exact) mass is 401 g/mol. The summed E-state index contributed by atoms with van der Waals surface area (Å²) in [5.74, 6) is 0.919. The van der Waals surface area contributed by atoms with E-state index in [1.807, 2.05) is 47.9 Å². The van der Waals surface area contributed by atoms with Crippen LogP contribution in [0.4, 0.5) is 0 Å². The van der Waals surface area contributed by atoms with Crippen molar-refractivity contribution in [1.82, 2.24) is 23.6 Å². The number of likely N-dealkylation sites (tertiary alicyclic amines) is 1. The predicted molar refractivity (Wildman–Crippen MR) is 122 cm³/mol. The molecule has 4 aromatic rings. The molecule has 0 unspecified atom stereocenters. The Labute approximate surface area is 175 Å². The van der Waals surface area contributed by atoms with E-state index in [0.717, 1.165) is 46.7 Å². The van der Waals surface area contributed by atoms with Crippen molar-refractivity contribution in [2.75, 3.05) is 19.6 Å². The van der Waals surface area contributed by atoms with Crippen LogP contribution in [0.2, 0.25) is 0 Å². The number of imidazole rings is 2. The molecule has 1 fully saturated rings. The molecular weight excluding hydrogens is 374 g/mol. The minimum absolute atomic E-state index is 0.0677. The minimum atomic E-state index is -0.0677. The maximum absolute atomic E-state index is 13.2. The molecule has 6 nitrogen and oxygen atoms in total. The number of hydrogen-bond acceptors (Lipinski definition) is 3. The van der Waals surface area contributed by atoms with E-state index in [4.69, 9.17) is 4.98 Å². The zero-order chi connectivity index (χ0) is 20.7. The van der Waals surface area contributed by atoms with E-state index in [1.165, 1.54) is 25.9 Å². The smallest absolute Gasteiger partial charge is 0.325 e. The maximum atomic E-state index is 13.2. The van der Waals surface area contributed by atoms with Crippen molar-refractivity contribution in [1.29, 1.82) is 0 Å². The average Bonchev–Trinajstić information content (AvgIpc) is 3.44. The Morgan fingerprint density at radius 2 is 1.60 bits per heavy atom. The van der Waals surface area contributed by atoms with Gasteiger partial charge in [0.05, 0.1) is 28.6 Å². The number of fused-ring (bicyclic) bond motifs is 2. The van der Waals surface area contributed by atoms with Crippen LogP contribution in [0, 0.1) is 0 Å². The molecule has 30 heavy (non-hydrogen) atoms. The first kappa shape index (κ1) is 18.9. The van der Waals surface area contributed by atoms with Crippen molar-refractivity contribution in [3.05, 3.63) is 71.4 Å². The fourth-order valence-corrected chi connectivity index (χ4v) is 4.61. The Morgan fingerprint density at radius 1 is 0.933 bits per heavy atom. The molecule has 0 bridgehead atoms. The summed E-state index contributed by atoms with van der Waals surface area (Å²) < 4.78 is 5.79. The number of rotatable bonds is 6. The Morgan fingerprint density at radius 3 is 2.33 bits per heavy atom. The van der Waals surface area contributed by atoms with Gasteiger partial charge in [-0.2, -0.15) is 0 Å². The zero-order valence-corrected chi connectivity index (χ0v) is 17.4. The highest BCUT2D eigenvalue weighted by Gasteiger charge is 2.18. The van der Waals surface area contributed by atoms with Gasteiger partial charge in [-0.15, -0.1) is 0 Å². The second-order valence-corrected chi connectivity index (χ2v) is 8.15. The summed E-state index contributed by atoms with van der Waals surface area (Å²) in [4.78, 5) is 20.7. The maximum Gasteiger partial charge on any atom is 0.333 e. The zero-order valence-electron chi connectivity index (χ0n) is 17.4. The third kappa shape index (κ3) is 3.17. The number of nitrogens with zero attached hydrogens (tertiary/aromatic N) is 5. The first-order chi connectivity index (χ1) is 14.6. The summed E-state index contributed by atoms with van der Waals surface area (Å²) in [5.41, 5.74) is 4.55. The van der Waals surface area contributed by atoms with Crippen LogP contribution in [0.1, 0.15) is 25.6 Å². The van der Waals surface area contributed by atoms with Gasteiger partial charge in [0.2, 0.25) is 0 Å². The summed E-state index contributed by atoms with van der Waals surface area (Å²) >= 11 is 0. The largest absolute Gasteiger partial charge is 0.333 e. The quantitative estimate of drug-likeness (QED) is 0.494. The highest BCUT2D eigenvalue weighted by molar-refractivity contribution is 5.80. The van der Waals surface area contributed by atoms with Crippen LogP contribution in [0.3, 0.4) is 0 Å². The normalized spacial score (nSPS) is 14.8. The molecule has 1 saturated heterocycles. The third-order valence-electron chi connectivity index (χ3n) is 6.09. The van der Waals surface area contributed by atoms with E-state index in [1.54, 1.807) is 4.57 Å². The van der Waals surface area contributed by atoms with Gasteiger partial charge in [0, 0.05) is 18.8 Å². The van der Waals surface area contributed by atoms with Gasteiger partial charge < -0.3 is 9.47 Å². The summed E-state index contributed by atoms with van der Waals surface area (Å²) in [6, 6.07) is 16.1. The van der Waals surface area contributed by atoms with E-state index in [9.17, 15) is 4.79 Å². The van der Waals surface area contributed by atoms with Gasteiger partial charge >= 0.3 is 5.69 Å². The van der Waals surface area contributed by atoms with Gasteiger partial charge in [-0.3, -0.25) is 9.13 Å². The lowest BCUT2D eigenvalue weighted by atomic mass is 10.3. The summed E-state index contributed by atoms with van der Waals surface area (Å²) in [6.07, 6.45) is 2.57. The van der Waals surface area contributed by atoms with Gasteiger partial charge in [-0.1, -0.05) is 30.8 Å². The topological polar surface area (TPSA) is 48.0 Å². The molecule has 0 saturated carbocycles. The molecule has 0 radical (unpaired) electrons. The van der Waals surface area contributed by atoms with Crippen LogP contribution in [0.5, 0.6) is 0 Å². The van der Waals surface area contributed by atoms with E-state index in [0.29, 0.717) is 6.54 Å². The number of benzene rings is 2. The lowest BCUT2D eigenvalue weighted by Gasteiger charge is -2.17. The first-order valence-corrected chi connectivity index (χ1v) is 10.7. The van der Waals surface area contributed by atoms with Crippen molar-refractivity contribution in [2.24, 2.45) is 0 Å². The molecular formula is C24H27N5O. The molecule has 2 aromatic heterocycles. The van der Waals surface area contributed by atoms with Crippen LogP contribution in [0.15, 0.2) is 59.9 Å². The van der Waals surface area contributed by atoms with Crippen LogP contribution in [-0.2, 0) is 13.1 Å². The molecule has 1 aliphatic rings. The molecule has 0 spiro atoms. The lowest BCUT2D eigenvalue weighted by Crippen LogP contribution is -2.27. The van der Waals surface area contributed by atoms with Gasteiger partial charge in [0.15, 0.2) is 0 Å². The van der Waals surface area contributed by atoms with Crippen molar-refractivity contribution >= 4 is 27.8 Å². The molecule has 0 atom stereocenters. The second kappa shape index (κ2) is 7.61. The Balaban J connectivity index is 1.59. The number of para-hydroxylation sites is 4. The van der Waals surface area contributed by atoms with E-state index >= 15 is 0 Å². The van der Waals surface area contributed by atoms with Gasteiger partial charge in [0.25, 0.3) is 0 Å². The SMILES string of the molecule is C=C(C)n1c(=O)n(Cc2nc3ccccc3n2CCN2CCCC2)c2ccccc21. The van der Waals surface area contributed by atoms with E-state index < -0.39 is 0 Å². The van der Waals surface area contributed by atoms with Crippen molar-refractivity contribution in [2.45, 2.75) is 32.9 Å². The summed E-state index contributed by atoms with van der Waals surface area (Å²) in [6.45, 7) is 10.5. The van der Waals surface area contributed by atoms with Crippen LogP contribution < -0.4 is 5.69 Å². The summed E-state index contributed by atoms with van der Waals surface area (Å²) in [7, 11) is 0. The standard InChI is InChI=1S/C24H27N5O/c1-18(2)29-22-12-6-5-11-21(22)28(24(29)30)17-23-25-19-9-3-4-10-20(19)27(23)16-15-26-13-7-8-14-26/h3-6,9-12H,1,7-8,13-17H2,2H3. The van der Waals surface area contributed by atoms with E-state index in [-0.39, 0.29) is 5.69 Å². The first-order valence-electron chi connectivity index (χ1n) is 10.7. The van der Waals surface area contributed by atoms with Gasteiger partial charge in [-0.05, 0) is 57.1 Å². The Bertz CT molecular complexity index is 1290. The van der Waals surface area contributed by atoms with Crippen molar-refractivity contribution in [3.8, 4) is 0 Å². The van der Waals surface area contributed by atoms with Gasteiger partial charge in [-0.25, -0.2) is 9.78 Å². The molecule has 0 aliphatic carbocycles. The van der Waals surface area contributed by atoms with E-state index in [2.05, 4.69) is 28.2 Å². The van der Waals surface area contributed by atoms with Crippen molar-refractivity contribution < 1.29 is 0 Å². The van der Waals surface area contributed by atoms with Crippen LogP contribution in [0.25, 0.3) is 27.8 Å². The number of aromatic nitrogens is 4.